The van der Waals surface area contributed by atoms with E-state index in [-0.39, 0.29) is 43.0 Å². The molecule has 0 spiro atoms. The molecular formula is C36H49FN6O5. The number of fused-ring (bicyclic) bond motifs is 2. The Morgan fingerprint density at radius 3 is 2.27 bits per heavy atom. The van der Waals surface area contributed by atoms with Gasteiger partial charge in [-0.15, -0.1) is 0 Å². The molecule has 0 saturated carbocycles. The van der Waals surface area contributed by atoms with Crippen molar-refractivity contribution in [3.8, 4) is 0 Å². The number of hydrogen-bond donors (Lipinski definition) is 5. The number of carbonyl (C=O) groups is 5. The molecule has 0 aromatic heterocycles. The fraction of sp³-hybridized carbons (Fsp3) is 0.528. The lowest BCUT2D eigenvalue weighted by Crippen LogP contribution is -2.59. The Morgan fingerprint density at radius 2 is 1.56 bits per heavy atom. The molecule has 2 aliphatic heterocycles. The van der Waals surface area contributed by atoms with Gasteiger partial charge >= 0.3 is 0 Å². The molecule has 0 bridgehead atoms. The molecule has 11 nitrogen and oxygen atoms in total. The zero-order chi connectivity index (χ0) is 34.8. The third-order valence-electron chi connectivity index (χ3n) is 9.11. The normalized spacial score (nSPS) is 24.0. The smallest absolute Gasteiger partial charge is 0.246 e. The van der Waals surface area contributed by atoms with E-state index in [4.69, 9.17) is 0 Å². The van der Waals surface area contributed by atoms with Gasteiger partial charge in [-0.3, -0.25) is 24.0 Å². The van der Waals surface area contributed by atoms with Crippen LogP contribution in [0.3, 0.4) is 0 Å². The molecule has 5 atom stereocenters. The molecule has 12 heteroatoms. The predicted octanol–water partition coefficient (Wildman–Crippen LogP) is 2.69. The lowest BCUT2D eigenvalue weighted by Gasteiger charge is -2.31. The van der Waals surface area contributed by atoms with E-state index < -0.39 is 47.7 Å². The Labute approximate surface area is 282 Å². The highest BCUT2D eigenvalue weighted by Crippen LogP contribution is 2.21. The maximum atomic E-state index is 14.2. The highest BCUT2D eigenvalue weighted by atomic mass is 19.1. The molecular weight excluding hydrogens is 615 g/mol. The summed E-state index contributed by atoms with van der Waals surface area (Å²) in [5, 5.41) is 14.7. The first-order valence-corrected chi connectivity index (χ1v) is 17.0. The summed E-state index contributed by atoms with van der Waals surface area (Å²) in [6.45, 7) is 8.20. The summed E-state index contributed by atoms with van der Waals surface area (Å²) >= 11 is 0. The highest BCUT2D eigenvalue weighted by molar-refractivity contribution is 5.96. The number of para-hydroxylation sites is 1. The molecule has 48 heavy (non-hydrogen) atoms. The Balaban J connectivity index is 1.69. The minimum absolute atomic E-state index is 0.00501. The van der Waals surface area contributed by atoms with Crippen LogP contribution < -0.4 is 26.6 Å². The number of benzene rings is 2. The van der Waals surface area contributed by atoms with Crippen molar-refractivity contribution in [1.82, 2.24) is 26.2 Å². The molecule has 0 unspecified atom stereocenters. The fourth-order valence-electron chi connectivity index (χ4n) is 6.25. The van der Waals surface area contributed by atoms with Crippen LogP contribution in [-0.4, -0.2) is 78.2 Å². The van der Waals surface area contributed by atoms with E-state index in [1.54, 1.807) is 12.1 Å². The van der Waals surface area contributed by atoms with Gasteiger partial charge in [0.1, 0.15) is 30.0 Å². The van der Waals surface area contributed by atoms with Gasteiger partial charge in [0.2, 0.25) is 29.5 Å². The number of halogens is 1. The van der Waals surface area contributed by atoms with Crippen LogP contribution in [-0.2, 0) is 36.8 Å². The molecule has 0 aliphatic carbocycles. The van der Waals surface area contributed by atoms with Crippen LogP contribution >= 0.6 is 0 Å². The monoisotopic (exact) mass is 664 g/mol. The SMILES string of the molecule is CC[C@H](C)[C@@H]1NC(=O)CNc2ccccc2CCNC(=O)[C@@H]2CCCN2C(=O)[C@H](Cc2ccc(F)cc2)NC(=O)[C@@H](CC(C)C)NC1=O. The molecule has 2 aromatic rings. The van der Waals surface area contributed by atoms with Crippen molar-refractivity contribution in [1.29, 1.82) is 0 Å². The van der Waals surface area contributed by atoms with E-state index in [9.17, 15) is 28.4 Å². The second-order valence-electron chi connectivity index (χ2n) is 13.3. The molecule has 2 heterocycles. The van der Waals surface area contributed by atoms with Gasteiger partial charge in [-0.2, -0.15) is 0 Å². The van der Waals surface area contributed by atoms with Gasteiger partial charge in [0.05, 0.1) is 6.54 Å². The third kappa shape index (κ3) is 9.77. The molecule has 4 rings (SSSR count). The maximum Gasteiger partial charge on any atom is 0.246 e. The molecule has 260 valence electrons. The van der Waals surface area contributed by atoms with Gasteiger partial charge in [-0.25, -0.2) is 4.39 Å². The number of nitrogens with zero attached hydrogens (tertiary/aromatic N) is 1. The topological polar surface area (TPSA) is 149 Å². The number of amides is 5. The van der Waals surface area contributed by atoms with Crippen LogP contribution in [0.5, 0.6) is 0 Å². The lowest BCUT2D eigenvalue weighted by atomic mass is 9.96. The van der Waals surface area contributed by atoms with E-state index in [2.05, 4.69) is 26.6 Å². The summed E-state index contributed by atoms with van der Waals surface area (Å²) in [6.07, 6.45) is 2.53. The molecule has 2 aromatic carbocycles. The summed E-state index contributed by atoms with van der Waals surface area (Å²) in [5.41, 5.74) is 2.26. The summed E-state index contributed by atoms with van der Waals surface area (Å²) in [7, 11) is 0. The van der Waals surface area contributed by atoms with Crippen molar-refractivity contribution < 1.29 is 28.4 Å². The first-order chi connectivity index (χ1) is 23.0. The van der Waals surface area contributed by atoms with Gasteiger partial charge in [0.15, 0.2) is 0 Å². The van der Waals surface area contributed by atoms with Crippen LogP contribution in [0.4, 0.5) is 10.1 Å². The molecule has 1 fully saturated rings. The van der Waals surface area contributed by atoms with Crippen molar-refractivity contribution >= 4 is 35.2 Å². The quantitative estimate of drug-likeness (QED) is 0.321. The van der Waals surface area contributed by atoms with E-state index >= 15 is 0 Å². The Morgan fingerprint density at radius 1 is 0.854 bits per heavy atom. The second-order valence-corrected chi connectivity index (χ2v) is 13.3. The maximum absolute atomic E-state index is 14.2. The molecule has 5 amide bonds. The minimum Gasteiger partial charge on any atom is -0.376 e. The van der Waals surface area contributed by atoms with Gasteiger partial charge in [0, 0.05) is 25.2 Å². The minimum atomic E-state index is -1.07. The zero-order valence-electron chi connectivity index (χ0n) is 28.3. The van der Waals surface area contributed by atoms with Crippen LogP contribution in [0.1, 0.15) is 64.5 Å². The van der Waals surface area contributed by atoms with E-state index in [1.165, 1.54) is 17.0 Å². The van der Waals surface area contributed by atoms with E-state index in [0.717, 1.165) is 11.3 Å². The standard InChI is InChI=1S/C36H49FN6O5/c1-5-23(4)32-35(47)40-28(19-22(2)3)33(45)41-29(20-24-12-14-26(37)15-13-24)36(48)43-18-8-11-30(43)34(46)38-17-16-25-9-6-7-10-27(25)39-21-31(44)42-32/h6-7,9-10,12-15,22-23,28-30,32,39H,5,8,11,16-21H2,1-4H3,(H,38,46)(H,40,47)(H,41,45)(H,42,44)/t23-,28+,29-,30-,32-/m0/s1. The van der Waals surface area contributed by atoms with Crippen molar-refractivity contribution in [3.05, 3.63) is 65.5 Å². The van der Waals surface area contributed by atoms with Gasteiger partial charge in [0.25, 0.3) is 0 Å². The first kappa shape index (κ1) is 36.4. The lowest BCUT2D eigenvalue weighted by molar-refractivity contribution is -0.142. The largest absolute Gasteiger partial charge is 0.376 e. The summed E-state index contributed by atoms with van der Waals surface area (Å²) in [6, 6.07) is 9.50. The van der Waals surface area contributed by atoms with Crippen LogP contribution in [0.2, 0.25) is 0 Å². The summed E-state index contributed by atoms with van der Waals surface area (Å²) < 4.78 is 13.7. The predicted molar refractivity (Wildman–Crippen MR) is 181 cm³/mol. The number of carbonyl (C=O) groups excluding carboxylic acids is 5. The third-order valence-corrected chi connectivity index (χ3v) is 9.11. The van der Waals surface area contributed by atoms with Crippen molar-refractivity contribution in [2.24, 2.45) is 11.8 Å². The first-order valence-electron chi connectivity index (χ1n) is 17.0. The van der Waals surface area contributed by atoms with Crippen molar-refractivity contribution in [2.75, 3.05) is 25.0 Å². The Hall–Kier alpha value is -4.48. The van der Waals surface area contributed by atoms with Crippen LogP contribution in [0.15, 0.2) is 48.5 Å². The number of hydrogen-bond acceptors (Lipinski definition) is 6. The Kier molecular flexibility index (Phi) is 12.9. The fourth-order valence-corrected chi connectivity index (χ4v) is 6.25. The average molecular weight is 665 g/mol. The summed E-state index contributed by atoms with van der Waals surface area (Å²) in [4.78, 5) is 69.9. The Bertz CT molecular complexity index is 1450. The van der Waals surface area contributed by atoms with Gasteiger partial charge in [-0.05, 0) is 66.8 Å². The number of nitrogens with one attached hydrogen (secondary N) is 5. The molecule has 5 N–H and O–H groups in total. The summed E-state index contributed by atoms with van der Waals surface area (Å²) in [5.74, 6) is -2.80. The second kappa shape index (κ2) is 17.1. The van der Waals surface area contributed by atoms with Crippen LogP contribution in [0, 0.1) is 17.7 Å². The number of rotatable bonds is 6. The van der Waals surface area contributed by atoms with Crippen molar-refractivity contribution in [2.45, 2.75) is 90.4 Å². The average Bonchev–Trinajstić information content (AvgIpc) is 3.56. The zero-order valence-corrected chi connectivity index (χ0v) is 28.3. The highest BCUT2D eigenvalue weighted by Gasteiger charge is 2.39. The molecule has 1 saturated heterocycles. The van der Waals surface area contributed by atoms with E-state index in [1.807, 2.05) is 52.0 Å². The molecule has 2 aliphatic rings. The van der Waals surface area contributed by atoms with Crippen molar-refractivity contribution in [3.63, 3.8) is 0 Å². The molecule has 0 radical (unpaired) electrons. The van der Waals surface area contributed by atoms with Gasteiger partial charge in [-0.1, -0.05) is 64.4 Å². The van der Waals surface area contributed by atoms with E-state index in [0.29, 0.717) is 44.3 Å². The number of anilines is 1. The van der Waals surface area contributed by atoms with Gasteiger partial charge < -0.3 is 31.5 Å². The van der Waals surface area contributed by atoms with Crippen LogP contribution in [0.25, 0.3) is 0 Å².